The van der Waals surface area contributed by atoms with Crippen LogP contribution in [-0.4, -0.2) is 9.55 Å². The Labute approximate surface area is 261 Å². The highest BCUT2D eigenvalue weighted by atomic mass is 15.0. The fourth-order valence-corrected chi connectivity index (χ4v) is 6.91. The van der Waals surface area contributed by atoms with Gasteiger partial charge in [-0.2, -0.15) is 0 Å². The third-order valence-corrected chi connectivity index (χ3v) is 8.99. The van der Waals surface area contributed by atoms with Crippen LogP contribution in [0.2, 0.25) is 0 Å². The summed E-state index contributed by atoms with van der Waals surface area (Å²) >= 11 is 0. The summed E-state index contributed by atoms with van der Waals surface area (Å²) in [5.41, 5.74) is 11.8. The number of para-hydroxylation sites is 1. The van der Waals surface area contributed by atoms with Gasteiger partial charge in [-0.3, -0.25) is 4.98 Å². The highest BCUT2D eigenvalue weighted by Gasteiger charge is 2.16. The summed E-state index contributed by atoms with van der Waals surface area (Å²) in [6, 6.07) is 59.1. The van der Waals surface area contributed by atoms with E-state index in [0.29, 0.717) is 0 Å². The van der Waals surface area contributed by atoms with Gasteiger partial charge in [0.05, 0.1) is 16.6 Å². The minimum absolute atomic E-state index is 1.04. The van der Waals surface area contributed by atoms with Crippen molar-refractivity contribution in [3.05, 3.63) is 170 Å². The predicted octanol–water partition coefficient (Wildman–Crippen LogP) is 11.5. The van der Waals surface area contributed by atoms with E-state index < -0.39 is 0 Å². The van der Waals surface area contributed by atoms with Crippen LogP contribution in [0.3, 0.4) is 0 Å². The first-order valence-electron chi connectivity index (χ1n) is 15.4. The highest BCUT2D eigenvalue weighted by molar-refractivity contribution is 6.15. The maximum Gasteiger partial charge on any atom is 0.0786 e. The second-order valence-electron chi connectivity index (χ2n) is 11.6. The van der Waals surface area contributed by atoms with E-state index in [1.165, 1.54) is 66.0 Å². The molecule has 0 unspecified atom stereocenters. The Hall–Kier alpha value is -5.99. The van der Waals surface area contributed by atoms with Crippen LogP contribution >= 0.6 is 0 Å². The molecule has 0 spiro atoms. The maximum absolute atomic E-state index is 4.81. The number of nitrogens with zero attached hydrogens (tertiary/aromatic N) is 2. The number of fused-ring (bicyclic) bond motifs is 6. The van der Waals surface area contributed by atoms with Gasteiger partial charge in [0.1, 0.15) is 0 Å². The molecule has 0 radical (unpaired) electrons. The zero-order valence-electron chi connectivity index (χ0n) is 24.6. The fraction of sp³-hybridized carbons (Fsp3) is 0. The molecule has 2 aromatic heterocycles. The Balaban J connectivity index is 1.31. The lowest BCUT2D eigenvalue weighted by Gasteiger charge is -2.14. The quantitative estimate of drug-likeness (QED) is 0.192. The summed E-state index contributed by atoms with van der Waals surface area (Å²) in [6.07, 6.45) is 1.89. The molecule has 0 saturated heterocycles. The van der Waals surface area contributed by atoms with Crippen molar-refractivity contribution in [1.29, 1.82) is 0 Å². The van der Waals surface area contributed by atoms with Crippen molar-refractivity contribution in [1.82, 2.24) is 9.55 Å². The first-order valence-corrected chi connectivity index (χ1v) is 15.4. The van der Waals surface area contributed by atoms with E-state index in [-0.39, 0.29) is 0 Å². The lowest BCUT2D eigenvalue weighted by Crippen LogP contribution is -1.96. The van der Waals surface area contributed by atoms with Gasteiger partial charge < -0.3 is 4.57 Å². The van der Waals surface area contributed by atoms with Crippen LogP contribution in [0.25, 0.3) is 82.5 Å². The largest absolute Gasteiger partial charge is 0.309 e. The molecule has 0 bridgehead atoms. The molecule has 7 aromatic carbocycles. The van der Waals surface area contributed by atoms with Crippen LogP contribution in [0.5, 0.6) is 0 Å². The van der Waals surface area contributed by atoms with Crippen LogP contribution in [0.15, 0.2) is 170 Å². The van der Waals surface area contributed by atoms with E-state index in [9.17, 15) is 0 Å². The Kier molecular flexibility index (Phi) is 5.85. The number of rotatable bonds is 4. The minimum Gasteiger partial charge on any atom is -0.309 e. The first-order chi connectivity index (χ1) is 22.3. The molecule has 0 aliphatic heterocycles. The number of hydrogen-bond donors (Lipinski definition) is 0. The molecule has 2 heteroatoms. The fourth-order valence-electron chi connectivity index (χ4n) is 6.91. The van der Waals surface area contributed by atoms with Crippen LogP contribution in [0.1, 0.15) is 0 Å². The molecule has 0 aliphatic rings. The van der Waals surface area contributed by atoms with Gasteiger partial charge in [0.15, 0.2) is 0 Å². The van der Waals surface area contributed by atoms with Crippen LogP contribution in [0.4, 0.5) is 0 Å². The Bertz CT molecular complexity index is 2470. The number of pyridine rings is 1. The summed E-state index contributed by atoms with van der Waals surface area (Å²) in [5, 5.41) is 6.03. The zero-order valence-corrected chi connectivity index (χ0v) is 24.6. The zero-order chi connectivity index (χ0) is 29.7. The predicted molar refractivity (Wildman–Crippen MR) is 190 cm³/mol. The monoisotopic (exact) mass is 572 g/mol. The van der Waals surface area contributed by atoms with Crippen LogP contribution in [-0.2, 0) is 0 Å². The van der Waals surface area contributed by atoms with Gasteiger partial charge in [-0.05, 0) is 81.2 Å². The highest BCUT2D eigenvalue weighted by Crippen LogP contribution is 2.39. The van der Waals surface area contributed by atoms with Crippen molar-refractivity contribution in [3.63, 3.8) is 0 Å². The van der Waals surface area contributed by atoms with E-state index in [1.807, 2.05) is 12.3 Å². The Morgan fingerprint density at radius 1 is 0.400 bits per heavy atom. The van der Waals surface area contributed by atoms with Crippen LogP contribution < -0.4 is 0 Å². The van der Waals surface area contributed by atoms with E-state index >= 15 is 0 Å². The summed E-state index contributed by atoms with van der Waals surface area (Å²) in [7, 11) is 0. The van der Waals surface area contributed by atoms with Gasteiger partial charge in [-0.1, -0.05) is 121 Å². The average molecular weight is 573 g/mol. The molecular formula is C43H28N2. The number of benzene rings is 7. The number of hydrogen-bond acceptors (Lipinski definition) is 1. The lowest BCUT2D eigenvalue weighted by atomic mass is 9.95. The summed E-state index contributed by atoms with van der Waals surface area (Å²) in [6.45, 7) is 0. The molecule has 9 aromatic rings. The average Bonchev–Trinajstić information content (AvgIpc) is 3.45. The lowest BCUT2D eigenvalue weighted by molar-refractivity contribution is 1.18. The van der Waals surface area contributed by atoms with Crippen molar-refractivity contribution < 1.29 is 0 Å². The Morgan fingerprint density at radius 2 is 1.07 bits per heavy atom. The van der Waals surface area contributed by atoms with Crippen molar-refractivity contribution in [2.24, 2.45) is 0 Å². The molecule has 45 heavy (non-hydrogen) atoms. The maximum atomic E-state index is 4.81. The summed E-state index contributed by atoms with van der Waals surface area (Å²) in [4.78, 5) is 4.81. The van der Waals surface area contributed by atoms with Crippen molar-refractivity contribution in [2.75, 3.05) is 0 Å². The molecule has 2 nitrogen and oxygen atoms in total. The summed E-state index contributed by atoms with van der Waals surface area (Å²) in [5.74, 6) is 0. The van der Waals surface area contributed by atoms with Gasteiger partial charge in [0.2, 0.25) is 0 Å². The molecule has 0 atom stereocenters. The third kappa shape index (κ3) is 4.22. The van der Waals surface area contributed by atoms with Crippen molar-refractivity contribution >= 4 is 43.5 Å². The van der Waals surface area contributed by atoms with Gasteiger partial charge in [-0.15, -0.1) is 0 Å². The molecule has 2 heterocycles. The molecule has 0 saturated carbocycles. The summed E-state index contributed by atoms with van der Waals surface area (Å²) < 4.78 is 2.42. The SMILES string of the molecule is c1ccc(-c2cc(-c3ccccc3)cc(-n3c4ccccc4c4cc(-c5cccc6ccc7cccnc7c56)ccc43)c2)cc1. The van der Waals surface area contributed by atoms with Crippen molar-refractivity contribution in [2.45, 2.75) is 0 Å². The van der Waals surface area contributed by atoms with E-state index in [0.717, 1.165) is 16.6 Å². The Morgan fingerprint density at radius 3 is 1.84 bits per heavy atom. The molecule has 0 aliphatic carbocycles. The smallest absolute Gasteiger partial charge is 0.0786 e. The molecule has 9 rings (SSSR count). The second kappa shape index (κ2) is 10.3. The molecule has 0 fully saturated rings. The number of aromatic nitrogens is 2. The molecular weight excluding hydrogens is 544 g/mol. The van der Waals surface area contributed by atoms with Crippen molar-refractivity contribution in [3.8, 4) is 39.1 Å². The molecule has 0 amide bonds. The topological polar surface area (TPSA) is 17.8 Å². The van der Waals surface area contributed by atoms with E-state index in [4.69, 9.17) is 4.98 Å². The van der Waals surface area contributed by atoms with E-state index in [1.54, 1.807) is 0 Å². The van der Waals surface area contributed by atoms with Gasteiger partial charge in [0, 0.05) is 33.4 Å². The third-order valence-electron chi connectivity index (χ3n) is 8.99. The van der Waals surface area contributed by atoms with Crippen LogP contribution in [0, 0.1) is 0 Å². The molecule has 210 valence electrons. The van der Waals surface area contributed by atoms with Gasteiger partial charge in [0.25, 0.3) is 0 Å². The standard InChI is InChI=1S/C43H28N2/c1-3-11-29(12-4-1)34-25-35(30-13-5-2-6-14-30)27-36(26-34)45-40-19-8-7-17-38(40)39-28-33(22-23-41(39)45)37-18-9-15-31-20-21-32-16-10-24-44-43(32)42(31)37/h1-28H. The van der Waals surface area contributed by atoms with Gasteiger partial charge >= 0.3 is 0 Å². The minimum atomic E-state index is 1.04. The van der Waals surface area contributed by atoms with Gasteiger partial charge in [-0.25, -0.2) is 0 Å². The first kappa shape index (κ1) is 25.5. The van der Waals surface area contributed by atoms with E-state index in [2.05, 4.69) is 162 Å². The normalized spacial score (nSPS) is 11.6. The second-order valence-corrected chi connectivity index (χ2v) is 11.6. The molecule has 0 N–H and O–H groups in total.